The molecule has 0 aromatic heterocycles. The van der Waals surface area contributed by atoms with Crippen LogP contribution in [0.25, 0.3) is 0 Å². The molecule has 0 aromatic carbocycles. The molecule has 0 bridgehead atoms. The van der Waals surface area contributed by atoms with Crippen molar-refractivity contribution in [3.05, 3.63) is 0 Å². The Balaban J connectivity index is 3.19. The fourth-order valence-corrected chi connectivity index (χ4v) is 3.36. The molecule has 2 N–H and O–H groups in total. The first-order valence-electron chi connectivity index (χ1n) is 16.8. The summed E-state index contributed by atoms with van der Waals surface area (Å²) in [5.41, 5.74) is 0. The predicted octanol–water partition coefficient (Wildman–Crippen LogP) is -0.675. The fraction of sp³-hybridized carbons (Fsp3) is 0.906. The summed E-state index contributed by atoms with van der Waals surface area (Å²) in [5.74, 6) is -0.780. The van der Waals surface area contributed by atoms with Gasteiger partial charge in [0.25, 0.3) is 0 Å². The average molecular weight is 714 g/mol. The Bertz CT molecular complexity index is 739. The fourth-order valence-electron chi connectivity index (χ4n) is 3.36. The van der Waals surface area contributed by atoms with Crippen LogP contribution in [-0.4, -0.2) is 189 Å². The topological polar surface area (TPSA) is 186 Å². The van der Waals surface area contributed by atoms with Crippen LogP contribution in [0.4, 0.5) is 0 Å². The number of carbonyl (C=O) groups is 2. The second-order valence-electron chi connectivity index (χ2n) is 10.1. The number of hydrogen-bond acceptors (Lipinski definition) is 15. The van der Waals surface area contributed by atoms with Crippen molar-refractivity contribution in [3.63, 3.8) is 0 Å². The summed E-state index contributed by atoms with van der Waals surface area (Å²) < 4.78 is 64.5. The molecule has 289 valence electrons. The van der Waals surface area contributed by atoms with E-state index < -0.39 is 18.0 Å². The molecule has 0 unspecified atom stereocenters. The van der Waals surface area contributed by atoms with Gasteiger partial charge in [-0.3, -0.25) is 14.4 Å². The molecule has 2 atom stereocenters. The van der Waals surface area contributed by atoms with E-state index >= 15 is 0 Å². The molecule has 0 heterocycles. The Hall–Kier alpha value is -1.87. The minimum absolute atomic E-state index is 0.103. The van der Waals surface area contributed by atoms with E-state index in [0.717, 1.165) is 0 Å². The van der Waals surface area contributed by atoms with Gasteiger partial charge in [-0.15, -0.1) is 0 Å². The summed E-state index contributed by atoms with van der Waals surface area (Å²) in [6, 6.07) is -1.49. The molecule has 0 aliphatic rings. The van der Waals surface area contributed by atoms with Crippen LogP contribution in [0.5, 0.6) is 0 Å². The largest absolute Gasteiger partial charge is 0.382 e. The Morgan fingerprint density at radius 3 is 0.980 bits per heavy atom. The SMILES string of the molecule is COCCOCCOCCOCCOCCOCCOCCOCCOCCOCCOCCOCCC(=O)N[C@@H](C)C(=O)N[C@@H](C)[C]=O. The molecule has 0 saturated carbocycles. The van der Waals surface area contributed by atoms with Crippen molar-refractivity contribution in [2.75, 3.05) is 159 Å². The lowest BCUT2D eigenvalue weighted by Gasteiger charge is -2.15. The van der Waals surface area contributed by atoms with Crippen LogP contribution in [-0.2, 0) is 71.2 Å². The Kier molecular flexibility index (Phi) is 37.4. The molecule has 0 spiro atoms. The molecule has 17 nitrogen and oxygen atoms in total. The summed E-state index contributed by atoms with van der Waals surface area (Å²) in [6.07, 6.45) is 1.75. The molecule has 2 amide bonds. The highest BCUT2D eigenvalue weighted by Crippen LogP contribution is 1.91. The highest BCUT2D eigenvalue weighted by Gasteiger charge is 2.17. The van der Waals surface area contributed by atoms with E-state index in [1.54, 1.807) is 13.4 Å². The van der Waals surface area contributed by atoms with Gasteiger partial charge in [-0.05, 0) is 13.8 Å². The molecule has 0 rings (SSSR count). The van der Waals surface area contributed by atoms with Crippen molar-refractivity contribution in [2.45, 2.75) is 32.4 Å². The van der Waals surface area contributed by atoms with Gasteiger partial charge in [-0.2, -0.15) is 0 Å². The molecule has 49 heavy (non-hydrogen) atoms. The van der Waals surface area contributed by atoms with Gasteiger partial charge in [-0.25, -0.2) is 0 Å². The number of nitrogens with one attached hydrogen (secondary N) is 2. The lowest BCUT2D eigenvalue weighted by molar-refractivity contribution is -0.129. The molecule has 17 heteroatoms. The first-order valence-corrected chi connectivity index (χ1v) is 16.8. The minimum Gasteiger partial charge on any atom is -0.382 e. The molecule has 0 saturated heterocycles. The molecule has 0 aromatic rings. The summed E-state index contributed by atoms with van der Waals surface area (Å²) in [4.78, 5) is 34.1. The molecular weight excluding hydrogens is 652 g/mol. The quantitative estimate of drug-likeness (QED) is 0.0761. The maximum atomic E-state index is 11.9. The Labute approximate surface area is 291 Å². The van der Waals surface area contributed by atoms with Gasteiger partial charge in [0.1, 0.15) is 6.04 Å². The van der Waals surface area contributed by atoms with Crippen LogP contribution in [0.15, 0.2) is 0 Å². The number of rotatable bonds is 40. The Morgan fingerprint density at radius 1 is 0.449 bits per heavy atom. The Morgan fingerprint density at radius 2 is 0.714 bits per heavy atom. The molecular formula is C32H61N2O15. The lowest BCUT2D eigenvalue weighted by Crippen LogP contribution is -2.47. The summed E-state index contributed by atoms with van der Waals surface area (Å²) in [6.45, 7) is 13.8. The van der Waals surface area contributed by atoms with Crippen molar-refractivity contribution in [1.29, 1.82) is 0 Å². The minimum atomic E-state index is -0.760. The number of carbonyl (C=O) groups excluding carboxylic acids is 3. The second-order valence-corrected chi connectivity index (χ2v) is 10.1. The van der Waals surface area contributed by atoms with Gasteiger partial charge in [-0.1, -0.05) is 0 Å². The third-order valence-electron chi connectivity index (χ3n) is 5.93. The number of hydrogen-bond donors (Lipinski definition) is 2. The molecule has 0 fully saturated rings. The van der Waals surface area contributed by atoms with Gasteiger partial charge in [0.15, 0.2) is 0 Å². The van der Waals surface area contributed by atoms with Crippen molar-refractivity contribution in [3.8, 4) is 0 Å². The molecule has 0 aliphatic carbocycles. The summed E-state index contributed by atoms with van der Waals surface area (Å²) in [5, 5.41) is 4.96. The van der Waals surface area contributed by atoms with Gasteiger partial charge in [0, 0.05) is 13.5 Å². The number of methoxy groups -OCH3 is 1. The average Bonchev–Trinajstić information content (AvgIpc) is 3.09. The summed E-state index contributed by atoms with van der Waals surface area (Å²) in [7, 11) is 1.64. The number of ether oxygens (including phenoxy) is 12. The van der Waals surface area contributed by atoms with Crippen LogP contribution in [0.2, 0.25) is 0 Å². The zero-order valence-corrected chi connectivity index (χ0v) is 29.7. The predicted molar refractivity (Wildman–Crippen MR) is 176 cm³/mol. The van der Waals surface area contributed by atoms with Crippen molar-refractivity contribution in [2.24, 2.45) is 0 Å². The third-order valence-corrected chi connectivity index (χ3v) is 5.93. The zero-order chi connectivity index (χ0) is 35.9. The van der Waals surface area contributed by atoms with Crippen LogP contribution >= 0.6 is 0 Å². The maximum Gasteiger partial charge on any atom is 0.242 e. The van der Waals surface area contributed by atoms with E-state index in [0.29, 0.717) is 145 Å². The first kappa shape index (κ1) is 47.1. The van der Waals surface area contributed by atoms with Crippen molar-refractivity contribution in [1.82, 2.24) is 10.6 Å². The lowest BCUT2D eigenvalue weighted by atomic mass is 10.2. The van der Waals surface area contributed by atoms with Gasteiger partial charge in [0.2, 0.25) is 18.1 Å². The third kappa shape index (κ3) is 37.2. The van der Waals surface area contributed by atoms with Gasteiger partial charge >= 0.3 is 0 Å². The van der Waals surface area contributed by atoms with Crippen LogP contribution in [0.1, 0.15) is 20.3 Å². The van der Waals surface area contributed by atoms with E-state index in [4.69, 9.17) is 56.8 Å². The van der Waals surface area contributed by atoms with Crippen molar-refractivity contribution < 1.29 is 71.2 Å². The zero-order valence-electron chi connectivity index (χ0n) is 29.7. The van der Waals surface area contributed by atoms with E-state index in [1.165, 1.54) is 13.8 Å². The van der Waals surface area contributed by atoms with E-state index in [9.17, 15) is 14.4 Å². The van der Waals surface area contributed by atoms with E-state index in [-0.39, 0.29) is 18.9 Å². The van der Waals surface area contributed by atoms with Crippen LogP contribution in [0, 0.1) is 0 Å². The normalized spacial score (nSPS) is 12.6. The molecule has 0 aliphatic heterocycles. The van der Waals surface area contributed by atoms with Gasteiger partial charge < -0.3 is 67.5 Å². The van der Waals surface area contributed by atoms with E-state index in [1.807, 2.05) is 0 Å². The highest BCUT2D eigenvalue weighted by atomic mass is 16.6. The molecule has 1 radical (unpaired) electrons. The smallest absolute Gasteiger partial charge is 0.242 e. The van der Waals surface area contributed by atoms with E-state index in [2.05, 4.69) is 10.6 Å². The standard InChI is InChI=1S/C32H61N2O15/c1-29(28-35)33-32(37)30(2)34-31(36)4-5-39-8-9-41-12-13-43-16-17-45-20-21-47-24-25-49-27-26-48-23-22-46-19-18-44-15-14-42-11-10-40-7-6-38-3/h29-30H,4-27H2,1-3H3,(H,33,37)(H,34,36)/t29-,30-/m0/s1. The van der Waals surface area contributed by atoms with Crippen molar-refractivity contribution >= 4 is 18.1 Å². The van der Waals surface area contributed by atoms with Crippen LogP contribution in [0.3, 0.4) is 0 Å². The van der Waals surface area contributed by atoms with Crippen LogP contribution < -0.4 is 10.6 Å². The number of amides is 2. The first-order chi connectivity index (χ1) is 24.0. The van der Waals surface area contributed by atoms with Gasteiger partial charge in [0.05, 0.1) is 158 Å². The maximum absolute atomic E-state index is 11.9. The highest BCUT2D eigenvalue weighted by molar-refractivity contribution is 5.88. The summed E-state index contributed by atoms with van der Waals surface area (Å²) >= 11 is 0. The monoisotopic (exact) mass is 713 g/mol. The second kappa shape index (κ2) is 38.9.